The van der Waals surface area contributed by atoms with Gasteiger partial charge >= 0.3 is 0 Å². The van der Waals surface area contributed by atoms with Gasteiger partial charge in [0.15, 0.2) is 11.0 Å². The molecule has 0 atom stereocenters. The van der Waals surface area contributed by atoms with Gasteiger partial charge in [-0.15, -0.1) is 10.2 Å². The molecule has 3 heterocycles. The van der Waals surface area contributed by atoms with Crippen LogP contribution in [0.4, 0.5) is 0 Å². The van der Waals surface area contributed by atoms with Crippen LogP contribution in [0.3, 0.4) is 0 Å². The maximum atomic E-state index is 6.07. The van der Waals surface area contributed by atoms with Crippen molar-refractivity contribution >= 4 is 29.1 Å². The smallest absolute Gasteiger partial charge is 0.233 e. The fourth-order valence-electron chi connectivity index (χ4n) is 3.24. The fourth-order valence-corrected chi connectivity index (χ4v) is 4.20. The van der Waals surface area contributed by atoms with E-state index < -0.39 is 0 Å². The van der Waals surface area contributed by atoms with Gasteiger partial charge in [-0.3, -0.25) is 8.97 Å². The molecule has 0 bridgehead atoms. The van der Waals surface area contributed by atoms with Crippen molar-refractivity contribution in [2.45, 2.75) is 17.8 Å². The molecule has 3 aromatic heterocycles. The maximum absolute atomic E-state index is 6.07. The van der Waals surface area contributed by atoms with Gasteiger partial charge in [-0.2, -0.15) is 0 Å². The van der Waals surface area contributed by atoms with Gasteiger partial charge in [0.25, 0.3) is 0 Å². The molecule has 0 fully saturated rings. The number of aryl methyl sites for hydroxylation is 1. The van der Waals surface area contributed by atoms with Crippen LogP contribution in [-0.2, 0) is 5.75 Å². The monoisotopic (exact) mass is 432 g/mol. The van der Waals surface area contributed by atoms with E-state index in [1.807, 2.05) is 53.2 Å². The normalized spacial score (nSPS) is 11.3. The van der Waals surface area contributed by atoms with Gasteiger partial charge in [0.1, 0.15) is 0 Å². The first-order valence-corrected chi connectivity index (χ1v) is 10.7. The van der Waals surface area contributed by atoms with Gasteiger partial charge in [-0.25, -0.2) is 9.97 Å². The van der Waals surface area contributed by atoms with Gasteiger partial charge in [-0.1, -0.05) is 35.5 Å². The minimum absolute atomic E-state index is 0.661. The van der Waals surface area contributed by atoms with E-state index in [2.05, 4.69) is 49.9 Å². The van der Waals surface area contributed by atoms with E-state index in [-0.39, 0.29) is 0 Å². The summed E-state index contributed by atoms with van der Waals surface area (Å²) in [6.07, 6.45) is 5.67. The van der Waals surface area contributed by atoms with Crippen LogP contribution < -0.4 is 0 Å². The van der Waals surface area contributed by atoms with Crippen LogP contribution in [0.2, 0.25) is 5.02 Å². The lowest BCUT2D eigenvalue weighted by atomic mass is 10.2. The molecule has 0 aliphatic heterocycles. The molecule has 0 N–H and O–H groups in total. The van der Waals surface area contributed by atoms with Crippen LogP contribution in [0.15, 0.2) is 78.3 Å². The van der Waals surface area contributed by atoms with Crippen LogP contribution >= 0.6 is 23.4 Å². The summed E-state index contributed by atoms with van der Waals surface area (Å²) in [5.41, 5.74) is 4.08. The van der Waals surface area contributed by atoms with Crippen LogP contribution in [0, 0.1) is 6.92 Å². The third-order valence-corrected chi connectivity index (χ3v) is 5.84. The highest BCUT2D eigenvalue weighted by atomic mass is 35.5. The van der Waals surface area contributed by atoms with E-state index in [4.69, 9.17) is 11.6 Å². The number of rotatable bonds is 5. The van der Waals surface area contributed by atoms with E-state index >= 15 is 0 Å². The zero-order chi connectivity index (χ0) is 20.5. The molecule has 8 heteroatoms. The third kappa shape index (κ3) is 3.69. The second-order valence-electron chi connectivity index (χ2n) is 6.84. The highest BCUT2D eigenvalue weighted by Gasteiger charge is 2.17. The zero-order valence-corrected chi connectivity index (χ0v) is 17.7. The number of imidazole rings is 1. The molecule has 5 aromatic rings. The van der Waals surface area contributed by atoms with Gasteiger partial charge in [0, 0.05) is 40.6 Å². The van der Waals surface area contributed by atoms with Crippen LogP contribution in [-0.4, -0.2) is 29.1 Å². The number of halogens is 1. The van der Waals surface area contributed by atoms with Crippen molar-refractivity contribution in [1.82, 2.24) is 29.1 Å². The Kier molecular flexibility index (Phi) is 4.98. The van der Waals surface area contributed by atoms with Gasteiger partial charge in [0.05, 0.1) is 5.69 Å². The summed E-state index contributed by atoms with van der Waals surface area (Å²) in [6, 6.07) is 17.8. The Bertz CT molecular complexity index is 1290. The molecule has 5 rings (SSSR count). The summed E-state index contributed by atoms with van der Waals surface area (Å²) in [5, 5.41) is 10.5. The molecule has 0 unspecified atom stereocenters. The van der Waals surface area contributed by atoms with E-state index in [0.29, 0.717) is 16.6 Å². The second kappa shape index (κ2) is 7.93. The first-order chi connectivity index (χ1) is 14.7. The summed E-state index contributed by atoms with van der Waals surface area (Å²) < 4.78 is 4.00. The lowest BCUT2D eigenvalue weighted by Gasteiger charge is -2.11. The third-order valence-electron chi connectivity index (χ3n) is 4.63. The average molecular weight is 433 g/mol. The van der Waals surface area contributed by atoms with E-state index in [0.717, 1.165) is 27.9 Å². The lowest BCUT2D eigenvalue weighted by Crippen LogP contribution is -2.00. The number of hydrogen-bond acceptors (Lipinski definition) is 5. The Balaban J connectivity index is 1.53. The number of nitrogens with zero attached hydrogens (tertiary/aromatic N) is 6. The molecule has 0 saturated carbocycles. The topological polar surface area (TPSA) is 60.9 Å². The fraction of sp³-hybridized carbons (Fsp3) is 0.0909. The van der Waals surface area contributed by atoms with Crippen molar-refractivity contribution in [3.05, 3.63) is 89.5 Å². The van der Waals surface area contributed by atoms with E-state index in [1.165, 1.54) is 5.56 Å². The van der Waals surface area contributed by atoms with Crippen molar-refractivity contribution in [3.8, 4) is 17.1 Å². The Morgan fingerprint density at radius 3 is 2.70 bits per heavy atom. The average Bonchev–Trinajstić information content (AvgIpc) is 3.36. The minimum Gasteiger partial charge on any atom is -0.291 e. The summed E-state index contributed by atoms with van der Waals surface area (Å²) in [4.78, 5) is 8.86. The Labute approximate surface area is 182 Å². The summed E-state index contributed by atoms with van der Waals surface area (Å²) in [5.74, 6) is 2.13. The molecule has 30 heavy (non-hydrogen) atoms. The Hall–Kier alpha value is -3.16. The predicted octanol–water partition coefficient (Wildman–Crippen LogP) is 5.23. The minimum atomic E-state index is 0.661. The lowest BCUT2D eigenvalue weighted by molar-refractivity contribution is 0.884. The molecule has 0 aliphatic carbocycles. The van der Waals surface area contributed by atoms with Crippen molar-refractivity contribution < 1.29 is 0 Å². The second-order valence-corrected chi connectivity index (χ2v) is 8.21. The molecule has 148 valence electrons. The summed E-state index contributed by atoms with van der Waals surface area (Å²) >= 11 is 7.67. The van der Waals surface area contributed by atoms with Crippen molar-refractivity contribution in [2.24, 2.45) is 0 Å². The largest absolute Gasteiger partial charge is 0.291 e. The molecule has 0 amide bonds. The molecule has 6 nitrogen and oxygen atoms in total. The van der Waals surface area contributed by atoms with E-state index in [9.17, 15) is 0 Å². The molecule has 0 spiro atoms. The van der Waals surface area contributed by atoms with Crippen LogP contribution in [0.5, 0.6) is 0 Å². The standard InChI is InChI=1S/C22H17ClN6S/c1-15-4-2-5-19(12-15)29-20(16-6-8-17(23)9-7-16)26-27-22(29)30-14-18-13-28-11-3-10-24-21(28)25-18/h2-13H,14H2,1H3. The van der Waals surface area contributed by atoms with Crippen molar-refractivity contribution in [3.63, 3.8) is 0 Å². The first kappa shape index (κ1) is 18.8. The first-order valence-electron chi connectivity index (χ1n) is 9.37. The highest BCUT2D eigenvalue weighted by molar-refractivity contribution is 7.98. The quantitative estimate of drug-likeness (QED) is 0.356. The molecular formula is C22H17ClN6S. The number of hydrogen-bond donors (Lipinski definition) is 0. The Morgan fingerprint density at radius 1 is 1.03 bits per heavy atom. The number of thioether (sulfide) groups is 1. The predicted molar refractivity (Wildman–Crippen MR) is 119 cm³/mol. The van der Waals surface area contributed by atoms with E-state index in [1.54, 1.807) is 18.0 Å². The molecule has 0 saturated heterocycles. The SMILES string of the molecule is Cc1cccc(-n2c(SCc3cn4cccnc4n3)nnc2-c2ccc(Cl)cc2)c1. The van der Waals surface area contributed by atoms with Gasteiger partial charge in [-0.05, 0) is 55.0 Å². The van der Waals surface area contributed by atoms with Crippen LogP contribution in [0.1, 0.15) is 11.3 Å². The molecule has 0 radical (unpaired) electrons. The zero-order valence-electron chi connectivity index (χ0n) is 16.1. The maximum Gasteiger partial charge on any atom is 0.233 e. The van der Waals surface area contributed by atoms with Gasteiger partial charge in [0.2, 0.25) is 5.78 Å². The van der Waals surface area contributed by atoms with Crippen molar-refractivity contribution in [2.75, 3.05) is 0 Å². The number of fused-ring (bicyclic) bond motifs is 1. The highest BCUT2D eigenvalue weighted by Crippen LogP contribution is 2.30. The molecule has 0 aliphatic rings. The Morgan fingerprint density at radius 2 is 1.90 bits per heavy atom. The van der Waals surface area contributed by atoms with Crippen LogP contribution in [0.25, 0.3) is 22.9 Å². The van der Waals surface area contributed by atoms with Gasteiger partial charge < -0.3 is 0 Å². The summed E-state index contributed by atoms with van der Waals surface area (Å²) in [7, 11) is 0. The summed E-state index contributed by atoms with van der Waals surface area (Å²) in [6.45, 7) is 2.08. The van der Waals surface area contributed by atoms with Crippen molar-refractivity contribution in [1.29, 1.82) is 0 Å². The number of benzene rings is 2. The molecule has 2 aromatic carbocycles. The molecular weight excluding hydrogens is 416 g/mol. The number of aromatic nitrogens is 6.